The maximum atomic E-state index is 11.4. The Morgan fingerprint density at radius 3 is 1.35 bits per heavy atom. The van der Waals surface area contributed by atoms with E-state index in [1.54, 1.807) is 92.7 Å². The van der Waals surface area contributed by atoms with E-state index in [0.717, 1.165) is 39.5 Å². The van der Waals surface area contributed by atoms with E-state index in [9.17, 15) is 4.79 Å². The van der Waals surface area contributed by atoms with E-state index in [1.807, 2.05) is 166 Å². The molecule has 8 aromatic carbocycles. The molecule has 15 aromatic rings. The number of benzene rings is 8. The molecule has 16 rings (SSSR count). The monoisotopic (exact) mass is 1560 g/mol. The summed E-state index contributed by atoms with van der Waals surface area (Å²) in [6, 6.07) is 80.9. The number of fused-ring (bicyclic) bond motifs is 2. The topological polar surface area (TPSA) is 124 Å². The van der Waals surface area contributed by atoms with Crippen molar-refractivity contribution >= 4 is 44.7 Å². The Kier molecular flexibility index (Phi) is 46.1. The first kappa shape index (κ1) is 95.5. The van der Waals surface area contributed by atoms with Crippen LogP contribution in [0.25, 0.3) is 21.7 Å². The number of ether oxygens (including phenoxy) is 1. The molecule has 115 heavy (non-hydrogen) atoms. The minimum Gasteiger partial charge on any atom is -0.481 e. The van der Waals surface area contributed by atoms with Crippen LogP contribution in [-0.4, -0.2) is 71.0 Å². The second-order valence-electron chi connectivity index (χ2n) is 29.0. The molecule has 1 aliphatic carbocycles. The number of furan rings is 2. The zero-order chi connectivity index (χ0) is 84.1. The Labute approximate surface area is 693 Å². The Morgan fingerprint density at radius 1 is 0.409 bits per heavy atom. The Hall–Kier alpha value is -11.9. The van der Waals surface area contributed by atoms with Crippen LogP contribution in [0.1, 0.15) is 143 Å². The van der Waals surface area contributed by atoms with Gasteiger partial charge in [0.15, 0.2) is 0 Å². The summed E-state index contributed by atoms with van der Waals surface area (Å²) in [6.45, 7) is 32.9. The van der Waals surface area contributed by atoms with Gasteiger partial charge in [0.05, 0.1) is 19.6 Å². The lowest BCUT2D eigenvalue weighted by atomic mass is 9.84. The summed E-state index contributed by atoms with van der Waals surface area (Å²) in [6.07, 6.45) is 24.4. The van der Waals surface area contributed by atoms with Crippen molar-refractivity contribution in [1.82, 2.24) is 29.8 Å². The van der Waals surface area contributed by atoms with E-state index >= 15 is 0 Å². The second-order valence-corrected chi connectivity index (χ2v) is 29.8. The van der Waals surface area contributed by atoms with Crippen molar-refractivity contribution in [3.8, 4) is 5.88 Å². The first-order valence-electron chi connectivity index (χ1n) is 39.1. The average Bonchev–Trinajstić information content (AvgIpc) is 1.53. The normalized spacial score (nSPS) is 10.5. The lowest BCUT2D eigenvalue weighted by Crippen LogP contribution is -2.21. The van der Waals surface area contributed by atoms with Gasteiger partial charge in [0, 0.05) is 93.8 Å². The highest BCUT2D eigenvalue weighted by atomic mass is 32.1. The Balaban J connectivity index is 0.000000264. The summed E-state index contributed by atoms with van der Waals surface area (Å²) >= 11 is 1.74. The molecule has 0 aliphatic heterocycles. The van der Waals surface area contributed by atoms with Gasteiger partial charge in [0.1, 0.15) is 17.7 Å². The minimum atomic E-state index is 0.0544. The molecule has 12 heteroatoms. The fourth-order valence-electron chi connectivity index (χ4n) is 11.0. The van der Waals surface area contributed by atoms with Crippen molar-refractivity contribution in [2.75, 3.05) is 40.2 Å². The van der Waals surface area contributed by atoms with E-state index in [2.05, 4.69) is 242 Å². The molecule has 0 atom stereocenters. The maximum absolute atomic E-state index is 11.4. The van der Waals surface area contributed by atoms with Crippen molar-refractivity contribution in [2.45, 2.75) is 149 Å². The van der Waals surface area contributed by atoms with Gasteiger partial charge in [-0.1, -0.05) is 233 Å². The van der Waals surface area contributed by atoms with Crippen molar-refractivity contribution in [1.29, 1.82) is 0 Å². The summed E-state index contributed by atoms with van der Waals surface area (Å²) in [5.74, 6) is 2.59. The highest BCUT2D eigenvalue weighted by molar-refractivity contribution is 7.07. The fourth-order valence-corrected chi connectivity index (χ4v) is 11.7. The molecule has 0 bridgehead atoms. The molecule has 7 heterocycles. The second kappa shape index (κ2) is 55.6. The van der Waals surface area contributed by atoms with E-state index in [-0.39, 0.29) is 5.91 Å². The standard InChI is InChI=1S/C13H18.C11H10.C10H13NO.C9H13N.C9H8O.C9H12.C8H10.C7H9NO.2C6H7N.C5H6N2.C5H6O.C5H6S/c1-11-7-9-13(10-8-11)12-5-3-2-4-6-12;1-9-6-7-10-4-2-3-5-11(10)8-9;1-8-5-4-6-9(7-8)10(12)11(2)3;1-8-4-6-9(7-5-8)10(2)3;1-7-6-8-4-2-3-5-9(8)10-7;1-7-4-8(2)6-9(3)5-7;1-7-3-5-8(2)6-4-7;1-6-4-3-5-8-7(6)9-2;1-6-2-4-7-5-3-6;1-6-3-2-4-7-5-6;1-5-2-6-4-7-3-5;2*1-5-2-3-6-4-5/h7-10,12H,2-6H2,1H3;2-8H,1H3;4-7H,1-3H3;4-7H,1-3H3;2-6H,1H3;4-6H,1-3H3;3-6H,1-2H3;3-5H,1-2H3;2*2-5H,1H3;2-4H,1H3;2*2-4H,1H3. The number of para-hydroxylation sites is 1. The van der Waals surface area contributed by atoms with Gasteiger partial charge in [0.25, 0.3) is 5.91 Å². The van der Waals surface area contributed by atoms with Crippen LogP contribution in [-0.2, 0) is 0 Å². The molecular formula is C103H125N7O4S. The van der Waals surface area contributed by atoms with Crippen LogP contribution >= 0.6 is 11.3 Å². The van der Waals surface area contributed by atoms with Crippen LogP contribution in [0.2, 0.25) is 0 Å². The molecule has 0 spiro atoms. The van der Waals surface area contributed by atoms with Crippen LogP contribution < -0.4 is 9.64 Å². The number of amides is 1. The zero-order valence-corrected chi connectivity index (χ0v) is 73.0. The smallest absolute Gasteiger partial charge is 0.253 e. The average molecular weight is 1560 g/mol. The molecule has 1 aliphatic rings. The molecule has 602 valence electrons. The summed E-state index contributed by atoms with van der Waals surface area (Å²) in [5, 5.41) is 8.03. The molecular weight excluding hydrogens is 1430 g/mol. The van der Waals surface area contributed by atoms with Gasteiger partial charge in [0.2, 0.25) is 5.88 Å². The number of anilines is 1. The molecule has 0 unspecified atom stereocenters. The van der Waals surface area contributed by atoms with Crippen molar-refractivity contribution in [3.63, 3.8) is 0 Å². The number of hydrogen-bond acceptors (Lipinski definition) is 11. The van der Waals surface area contributed by atoms with Crippen LogP contribution in [0.5, 0.6) is 5.88 Å². The summed E-state index contributed by atoms with van der Waals surface area (Å²) in [7, 11) is 9.22. The summed E-state index contributed by atoms with van der Waals surface area (Å²) < 4.78 is 15.0. The van der Waals surface area contributed by atoms with Crippen LogP contribution in [0.15, 0.2) is 318 Å². The van der Waals surface area contributed by atoms with Crippen molar-refractivity contribution in [2.24, 2.45) is 0 Å². The highest BCUT2D eigenvalue weighted by Crippen LogP contribution is 2.32. The van der Waals surface area contributed by atoms with Gasteiger partial charge in [-0.25, -0.2) is 15.0 Å². The van der Waals surface area contributed by atoms with Crippen LogP contribution in [0.4, 0.5) is 5.69 Å². The zero-order valence-electron chi connectivity index (χ0n) is 72.2. The summed E-state index contributed by atoms with van der Waals surface area (Å²) in [4.78, 5) is 34.3. The molecule has 0 radical (unpaired) electrons. The van der Waals surface area contributed by atoms with Crippen LogP contribution in [0.3, 0.4) is 0 Å². The number of rotatable bonds is 4. The lowest BCUT2D eigenvalue weighted by molar-refractivity contribution is 0.0827. The van der Waals surface area contributed by atoms with Gasteiger partial charge < -0.3 is 23.4 Å². The molecule has 11 nitrogen and oxygen atoms in total. The number of thiophene rings is 1. The third-order valence-electron chi connectivity index (χ3n) is 17.2. The van der Waals surface area contributed by atoms with Gasteiger partial charge >= 0.3 is 0 Å². The number of carbonyl (C=O) groups is 1. The number of pyridine rings is 3. The van der Waals surface area contributed by atoms with E-state index in [4.69, 9.17) is 13.6 Å². The fraction of sp³-hybridized carbons (Fsp3) is 0.262. The van der Waals surface area contributed by atoms with Gasteiger partial charge in [-0.05, 0) is 257 Å². The molecule has 0 saturated heterocycles. The number of methoxy groups -OCH3 is 1. The predicted octanol–water partition coefficient (Wildman–Crippen LogP) is 27.2. The first-order chi connectivity index (χ1) is 55.2. The maximum Gasteiger partial charge on any atom is 0.253 e. The van der Waals surface area contributed by atoms with E-state index < -0.39 is 0 Å². The number of nitrogens with zero attached hydrogens (tertiary/aromatic N) is 7. The van der Waals surface area contributed by atoms with Gasteiger partial charge in [-0.3, -0.25) is 14.8 Å². The lowest BCUT2D eigenvalue weighted by Gasteiger charge is -2.21. The number of hydrogen-bond donors (Lipinski definition) is 0. The SMILES string of the molecule is COc1ncccc1C.Cc1cc(C)cc(C)c1.Cc1cc2ccccc2o1.Cc1ccc(C)cc1.Cc1ccc(C2CCCCC2)cc1.Cc1ccc(N(C)C)cc1.Cc1ccc2ccccc2c1.Cc1cccc(C(=O)N(C)C)c1.Cc1cccnc1.Cc1ccncc1.Cc1ccoc1.Cc1ccsc1.Cc1cncnc1. The minimum absolute atomic E-state index is 0.0544. The third kappa shape index (κ3) is 43.1. The Bertz CT molecular complexity index is 4760. The molecule has 0 N–H and O–H groups in total. The first-order valence-corrected chi connectivity index (χ1v) is 40.1. The number of carbonyl (C=O) groups excluding carboxylic acids is 1. The third-order valence-corrected chi connectivity index (χ3v) is 18.0. The largest absolute Gasteiger partial charge is 0.481 e. The van der Waals surface area contributed by atoms with Gasteiger partial charge in [-0.2, -0.15) is 11.3 Å². The quantitative estimate of drug-likeness (QED) is 0.168. The number of aromatic nitrogens is 5. The molecule has 1 fully saturated rings. The highest BCUT2D eigenvalue weighted by Gasteiger charge is 2.15. The Morgan fingerprint density at radius 2 is 0.930 bits per heavy atom. The van der Waals surface area contributed by atoms with E-state index in [0.29, 0.717) is 5.88 Å². The molecule has 1 saturated carbocycles. The summed E-state index contributed by atoms with van der Waals surface area (Å²) in [5.41, 5.74) is 23.6. The molecule has 7 aromatic heterocycles. The number of aryl methyl sites for hydroxylation is 16. The molecule has 1 amide bonds. The van der Waals surface area contributed by atoms with Crippen molar-refractivity contribution in [3.05, 3.63) is 410 Å². The van der Waals surface area contributed by atoms with Gasteiger partial charge in [-0.15, -0.1) is 0 Å². The predicted molar refractivity (Wildman–Crippen MR) is 491 cm³/mol. The van der Waals surface area contributed by atoms with E-state index in [1.165, 1.54) is 127 Å². The van der Waals surface area contributed by atoms with Crippen LogP contribution in [0, 0.1) is 111 Å². The van der Waals surface area contributed by atoms with Crippen molar-refractivity contribution < 1.29 is 18.4 Å².